The standard InChI is InChI=1S/C52H68N8O12/c1-26(2)23-58-18-15-52(16-19-58)55-40-37-38-45(65)32(8)48-39(37)49(67)51(9,72-48)70-21-14-34(69-10)29(5)47(71-36(62)22-35(61)59-24-33(25-59)60-20-17-53-57-60)31(7)44(64)30(6)43(63)27(3)12-11-13-28(4)50(68)54-42(46(38)66)41(40)56-52/h11-14,17,20-21,26-27,29-31,33-34,43-44,47,63-66H,15-16,18-19,22-25H2,1-10H3,(H,54,68)/b12-11+,21-14+,28-13-/t27-,29+,30+,31+,34-,43-,44+,47+,51-/m0/s1. The number of anilines is 1. The van der Waals surface area contributed by atoms with E-state index in [2.05, 4.69) is 34.4 Å². The van der Waals surface area contributed by atoms with Gasteiger partial charge >= 0.3 is 11.8 Å². The van der Waals surface area contributed by atoms with Gasteiger partial charge in [0.15, 0.2) is 11.4 Å². The third-order valence-electron chi connectivity index (χ3n) is 15.2. The third kappa shape index (κ3) is 9.72. The van der Waals surface area contributed by atoms with Gasteiger partial charge in [0.05, 0.1) is 53.1 Å². The zero-order valence-corrected chi connectivity index (χ0v) is 42.7. The number of nitrogens with one attached hydrogen (secondary N) is 1. The summed E-state index contributed by atoms with van der Waals surface area (Å²) < 4.78 is 26.2. The van der Waals surface area contributed by atoms with Crippen molar-refractivity contribution in [3.63, 3.8) is 0 Å². The number of aliphatic hydroxyl groups is 2. The maximum absolute atomic E-state index is 14.9. The summed E-state index contributed by atoms with van der Waals surface area (Å²) in [5.74, 6) is -7.89. The number of phenolic OH excluding ortho intramolecular Hbond substituents is 2. The average Bonchev–Trinajstić information content (AvgIpc) is 4.05. The van der Waals surface area contributed by atoms with Gasteiger partial charge in [-0.25, -0.2) is 4.68 Å². The Hall–Kier alpha value is -6.22. The Morgan fingerprint density at radius 3 is 2.29 bits per heavy atom. The first-order valence-electron chi connectivity index (χ1n) is 24.8. The van der Waals surface area contributed by atoms with E-state index in [1.54, 1.807) is 69.9 Å². The monoisotopic (exact) mass is 996 g/mol. The van der Waals surface area contributed by atoms with Crippen LogP contribution in [0.15, 0.2) is 58.5 Å². The van der Waals surface area contributed by atoms with Crippen LogP contribution in [0, 0.1) is 36.5 Å². The van der Waals surface area contributed by atoms with Crippen molar-refractivity contribution in [3.05, 3.63) is 70.4 Å². The quantitative estimate of drug-likeness (QED) is 0.128. The van der Waals surface area contributed by atoms with Gasteiger partial charge in [0.2, 0.25) is 5.91 Å². The number of benzene rings is 2. The SMILES string of the molecule is CO[C@H]1/C=C/O[C@@]2(C)Oc3c(C)c(O)c4c(O)c(c5c(c4c3C2=O)=NC2(CCN(CC(C)C)CC2)N=5)NC(=O)/C(C)=C\C=C\[C@H](C)[C@H](O)[C@@H](C)[C@@H](O)[C@@H](C)[C@H](OC(=O)CC(=O)N2CC(n3ccnn3)C2)[C@@H]1C. The molecule has 0 aliphatic carbocycles. The maximum Gasteiger partial charge on any atom is 0.315 e. The summed E-state index contributed by atoms with van der Waals surface area (Å²) in [5, 5.41) is 58.7. The molecule has 20 nitrogen and oxygen atoms in total. The highest BCUT2D eigenvalue weighted by Gasteiger charge is 2.50. The Morgan fingerprint density at radius 2 is 1.64 bits per heavy atom. The van der Waals surface area contributed by atoms with Gasteiger partial charge in [-0.2, -0.15) is 0 Å². The molecule has 3 aromatic rings. The van der Waals surface area contributed by atoms with Crippen LogP contribution in [0.2, 0.25) is 0 Å². The lowest BCUT2D eigenvalue weighted by Crippen LogP contribution is -2.51. The number of nitrogens with zero attached hydrogens (tertiary/aromatic N) is 7. The lowest BCUT2D eigenvalue weighted by atomic mass is 9.78. The number of phenols is 2. The molecule has 0 radical (unpaired) electrons. The number of amides is 2. The molecule has 388 valence electrons. The Kier molecular flexibility index (Phi) is 14.7. The number of piperidine rings is 1. The highest BCUT2D eigenvalue weighted by atomic mass is 16.7. The topological polar surface area (TPSA) is 260 Å². The zero-order chi connectivity index (χ0) is 52.1. The number of likely N-dealkylation sites (tertiary alicyclic amines) is 2. The molecule has 0 saturated carbocycles. The fourth-order valence-corrected chi connectivity index (χ4v) is 10.7. The van der Waals surface area contributed by atoms with E-state index in [0.717, 1.165) is 6.54 Å². The van der Waals surface area contributed by atoms with Crippen LogP contribution in [0.25, 0.3) is 10.8 Å². The molecule has 9 atom stereocenters. The smallest absolute Gasteiger partial charge is 0.315 e. The van der Waals surface area contributed by atoms with Crippen molar-refractivity contribution in [2.75, 3.05) is 45.2 Å². The number of Topliss-reactive ketones (excluding diaryl/α,β-unsaturated/α-hetero) is 1. The third-order valence-corrected chi connectivity index (χ3v) is 15.2. The minimum atomic E-state index is -2.03. The molecule has 2 aromatic carbocycles. The number of aliphatic hydroxyl groups excluding tert-OH is 2. The van der Waals surface area contributed by atoms with Crippen molar-refractivity contribution in [2.24, 2.45) is 39.6 Å². The molecule has 72 heavy (non-hydrogen) atoms. The molecular weight excluding hydrogens is 929 g/mol. The largest absolute Gasteiger partial charge is 0.507 e. The number of carbonyl (C=O) groups excluding carboxylic acids is 4. The second-order valence-corrected chi connectivity index (χ2v) is 20.8. The highest BCUT2D eigenvalue weighted by Crippen LogP contribution is 2.50. The van der Waals surface area contributed by atoms with E-state index in [1.165, 1.54) is 38.2 Å². The first kappa shape index (κ1) is 52.1. The maximum atomic E-state index is 14.9. The molecule has 1 aromatic heterocycles. The van der Waals surface area contributed by atoms with E-state index in [1.807, 2.05) is 0 Å². The Balaban J connectivity index is 1.17. The van der Waals surface area contributed by atoms with E-state index in [-0.39, 0.29) is 55.7 Å². The summed E-state index contributed by atoms with van der Waals surface area (Å²) in [5.41, 5.74) is -0.719. The second-order valence-electron chi connectivity index (χ2n) is 20.8. The summed E-state index contributed by atoms with van der Waals surface area (Å²) in [6.45, 7) is 18.6. The van der Waals surface area contributed by atoms with Crippen molar-refractivity contribution in [2.45, 2.75) is 123 Å². The molecule has 20 heteroatoms. The number of rotatable bonds is 7. The zero-order valence-electron chi connectivity index (χ0n) is 42.7. The number of allylic oxidation sites excluding steroid dienone is 2. The number of ether oxygens (including phenoxy) is 4. The molecule has 2 saturated heterocycles. The van der Waals surface area contributed by atoms with Gasteiger partial charge < -0.3 is 54.5 Å². The number of carbonyl (C=O) groups is 4. The number of fused-ring (bicyclic) bond motifs is 13. The summed E-state index contributed by atoms with van der Waals surface area (Å²) in [6.07, 6.45) is 6.96. The molecular formula is C52H68N8O12. The van der Waals surface area contributed by atoms with Gasteiger partial charge in [-0.15, -0.1) is 5.10 Å². The van der Waals surface area contributed by atoms with Crippen LogP contribution in [0.4, 0.5) is 5.69 Å². The Labute approximate surface area is 418 Å². The van der Waals surface area contributed by atoms with Crippen LogP contribution < -0.4 is 20.8 Å². The van der Waals surface area contributed by atoms with E-state index in [9.17, 15) is 39.6 Å². The molecule has 6 aliphatic rings. The van der Waals surface area contributed by atoms with E-state index >= 15 is 0 Å². The normalized spacial score (nSPS) is 30.7. The molecule has 2 fully saturated rings. The first-order valence-corrected chi connectivity index (χ1v) is 24.8. The molecule has 5 N–H and O–H groups in total. The predicted molar refractivity (Wildman–Crippen MR) is 262 cm³/mol. The number of methoxy groups -OCH3 is 1. The van der Waals surface area contributed by atoms with Crippen molar-refractivity contribution >= 4 is 40.0 Å². The van der Waals surface area contributed by atoms with E-state index in [0.29, 0.717) is 44.9 Å². The summed E-state index contributed by atoms with van der Waals surface area (Å²) in [6, 6.07) is -0.0710. The van der Waals surface area contributed by atoms with Crippen LogP contribution in [0.1, 0.15) is 96.6 Å². The molecule has 9 rings (SSSR count). The fourth-order valence-electron chi connectivity index (χ4n) is 10.7. The van der Waals surface area contributed by atoms with Crippen molar-refractivity contribution in [3.8, 4) is 17.2 Å². The van der Waals surface area contributed by atoms with Gasteiger partial charge in [0.1, 0.15) is 35.1 Å². The van der Waals surface area contributed by atoms with Crippen LogP contribution in [0.3, 0.4) is 0 Å². The summed E-state index contributed by atoms with van der Waals surface area (Å²) in [7, 11) is 1.43. The van der Waals surface area contributed by atoms with Crippen molar-refractivity contribution < 1.29 is 58.6 Å². The van der Waals surface area contributed by atoms with Gasteiger partial charge in [-0.05, 0) is 25.8 Å². The van der Waals surface area contributed by atoms with Gasteiger partial charge in [-0.3, -0.25) is 29.2 Å². The van der Waals surface area contributed by atoms with Crippen LogP contribution >= 0.6 is 0 Å². The number of ketones is 1. The fraction of sp³-hybridized carbons (Fsp3) is 0.577. The number of esters is 1. The molecule has 2 amide bonds. The minimum Gasteiger partial charge on any atom is -0.507 e. The van der Waals surface area contributed by atoms with Crippen molar-refractivity contribution in [1.29, 1.82) is 0 Å². The van der Waals surface area contributed by atoms with Crippen LogP contribution in [0.5, 0.6) is 17.2 Å². The summed E-state index contributed by atoms with van der Waals surface area (Å²) in [4.78, 5) is 70.1. The number of hydrogen-bond donors (Lipinski definition) is 5. The lowest BCUT2D eigenvalue weighted by Gasteiger charge is -2.39. The van der Waals surface area contributed by atoms with Gasteiger partial charge in [0.25, 0.3) is 11.7 Å². The number of aromatic nitrogens is 3. The summed E-state index contributed by atoms with van der Waals surface area (Å²) >= 11 is 0. The first-order chi connectivity index (χ1) is 34.1. The Bertz CT molecular complexity index is 2830. The molecule has 7 heterocycles. The highest BCUT2D eigenvalue weighted by molar-refractivity contribution is 6.19. The van der Waals surface area contributed by atoms with Gasteiger partial charge in [-0.1, -0.05) is 65.0 Å². The predicted octanol–water partition coefficient (Wildman–Crippen LogP) is 3.79. The molecule has 5 bridgehead atoms. The van der Waals surface area contributed by atoms with E-state index in [4.69, 9.17) is 28.9 Å². The molecule has 6 aliphatic heterocycles. The van der Waals surface area contributed by atoms with Gasteiger partial charge in [0, 0.05) is 106 Å². The lowest BCUT2D eigenvalue weighted by molar-refractivity contribution is -0.166. The number of aromatic hydroxyl groups is 2. The van der Waals surface area contributed by atoms with E-state index < -0.39 is 101 Å². The van der Waals surface area contributed by atoms with Crippen LogP contribution in [-0.2, 0) is 28.6 Å². The average molecular weight is 997 g/mol. The Morgan fingerprint density at radius 1 is 0.944 bits per heavy atom. The van der Waals surface area contributed by atoms with Crippen LogP contribution in [-0.4, -0.2) is 144 Å². The minimum absolute atomic E-state index is 0.00288. The molecule has 1 spiro atoms. The number of hydrogen-bond acceptors (Lipinski definition) is 17. The second kappa shape index (κ2) is 20.4. The molecule has 0 unspecified atom stereocenters. The van der Waals surface area contributed by atoms with Crippen molar-refractivity contribution in [1.82, 2.24) is 24.8 Å².